The van der Waals surface area contributed by atoms with Crippen LogP contribution in [0, 0.1) is 0 Å². The molecule has 0 heterocycles. The molecule has 2 aromatic carbocycles. The minimum atomic E-state index is -0.920. The molecule has 0 aromatic heterocycles. The molecule has 0 saturated heterocycles. The third-order valence-corrected chi connectivity index (χ3v) is 2.79. The fraction of sp³-hybridized carbons (Fsp3) is 0.118. The Morgan fingerprint density at radius 3 is 2.20 bits per heavy atom. The molecule has 0 bridgehead atoms. The zero-order valence-corrected chi connectivity index (χ0v) is 11.0. The average molecular weight is 268 g/mol. The van der Waals surface area contributed by atoms with Crippen LogP contribution in [0.1, 0.15) is 12.0 Å². The molecule has 0 aliphatic rings. The molecule has 0 amide bonds. The number of aliphatic carboxylic acids is 1. The number of carboxylic acids is 1. The van der Waals surface area contributed by atoms with E-state index in [1.165, 1.54) is 0 Å². The number of hydrogen-bond donors (Lipinski definition) is 1. The van der Waals surface area contributed by atoms with E-state index in [-0.39, 0.29) is 0 Å². The summed E-state index contributed by atoms with van der Waals surface area (Å²) in [6.07, 6.45) is 2.24. The number of para-hydroxylation sites is 1. The Hall–Kier alpha value is -2.55. The van der Waals surface area contributed by atoms with Gasteiger partial charge in [0, 0.05) is 6.42 Å². The number of rotatable bonds is 6. The SMILES string of the molecule is O=C(O)C(=CCCOc1ccccc1)c1ccccc1. The second kappa shape index (κ2) is 7.14. The summed E-state index contributed by atoms with van der Waals surface area (Å²) >= 11 is 0. The van der Waals surface area contributed by atoms with E-state index in [1.807, 2.05) is 48.5 Å². The minimum absolute atomic E-state index is 0.308. The van der Waals surface area contributed by atoms with E-state index in [4.69, 9.17) is 4.74 Å². The lowest BCUT2D eigenvalue weighted by molar-refractivity contribution is -0.130. The molecule has 0 saturated carbocycles. The average Bonchev–Trinajstić information content (AvgIpc) is 2.49. The Balaban J connectivity index is 1.96. The summed E-state index contributed by atoms with van der Waals surface area (Å²) in [7, 11) is 0. The number of hydrogen-bond acceptors (Lipinski definition) is 2. The highest BCUT2D eigenvalue weighted by Gasteiger charge is 2.08. The molecular weight excluding hydrogens is 252 g/mol. The Kier molecular flexibility index (Phi) is 4.95. The number of carbonyl (C=O) groups is 1. The van der Waals surface area contributed by atoms with Gasteiger partial charge in [-0.3, -0.25) is 0 Å². The van der Waals surface area contributed by atoms with E-state index in [9.17, 15) is 9.90 Å². The van der Waals surface area contributed by atoms with Crippen LogP contribution in [0.25, 0.3) is 5.57 Å². The van der Waals surface area contributed by atoms with Gasteiger partial charge in [-0.15, -0.1) is 0 Å². The van der Waals surface area contributed by atoms with Crippen LogP contribution >= 0.6 is 0 Å². The molecule has 3 heteroatoms. The quantitative estimate of drug-likeness (QED) is 0.643. The molecular formula is C17H16O3. The van der Waals surface area contributed by atoms with Crippen LogP contribution in [-0.4, -0.2) is 17.7 Å². The molecule has 0 aliphatic carbocycles. The molecule has 3 nitrogen and oxygen atoms in total. The van der Waals surface area contributed by atoms with Crippen molar-refractivity contribution in [3.8, 4) is 5.75 Å². The van der Waals surface area contributed by atoms with E-state index in [0.717, 1.165) is 5.75 Å². The predicted octanol–water partition coefficient (Wildman–Crippen LogP) is 3.62. The van der Waals surface area contributed by atoms with Crippen molar-refractivity contribution in [3.63, 3.8) is 0 Å². The topological polar surface area (TPSA) is 46.5 Å². The maximum Gasteiger partial charge on any atom is 0.335 e. The van der Waals surface area contributed by atoms with Gasteiger partial charge in [-0.05, 0) is 17.7 Å². The van der Waals surface area contributed by atoms with Crippen LogP contribution in [0.4, 0.5) is 0 Å². The molecule has 2 aromatic rings. The van der Waals surface area contributed by atoms with Crippen molar-refractivity contribution in [1.82, 2.24) is 0 Å². The second-order valence-electron chi connectivity index (χ2n) is 4.24. The summed E-state index contributed by atoms with van der Waals surface area (Å²) in [5.74, 6) is -0.131. The summed E-state index contributed by atoms with van der Waals surface area (Å²) in [6, 6.07) is 18.6. The van der Waals surface area contributed by atoms with Gasteiger partial charge in [0.2, 0.25) is 0 Å². The highest BCUT2D eigenvalue weighted by molar-refractivity contribution is 6.15. The molecule has 0 aliphatic heterocycles. The molecule has 1 N–H and O–H groups in total. The highest BCUT2D eigenvalue weighted by atomic mass is 16.5. The Morgan fingerprint density at radius 2 is 1.60 bits per heavy atom. The van der Waals surface area contributed by atoms with Gasteiger partial charge in [0.25, 0.3) is 0 Å². The van der Waals surface area contributed by atoms with Gasteiger partial charge >= 0.3 is 5.97 Å². The van der Waals surface area contributed by atoms with Crippen molar-refractivity contribution >= 4 is 11.5 Å². The molecule has 0 radical (unpaired) electrons. The Morgan fingerprint density at radius 1 is 1.00 bits per heavy atom. The number of carboxylic acid groups (broad SMARTS) is 1. The largest absolute Gasteiger partial charge is 0.493 e. The van der Waals surface area contributed by atoms with Crippen LogP contribution in [-0.2, 0) is 4.79 Å². The molecule has 2 rings (SSSR count). The first-order valence-electron chi connectivity index (χ1n) is 6.44. The van der Waals surface area contributed by atoms with Crippen molar-refractivity contribution < 1.29 is 14.6 Å². The first-order chi connectivity index (χ1) is 9.77. The fourth-order valence-electron chi connectivity index (χ4n) is 1.84. The van der Waals surface area contributed by atoms with Gasteiger partial charge in [0.15, 0.2) is 0 Å². The minimum Gasteiger partial charge on any atom is -0.493 e. The fourth-order valence-corrected chi connectivity index (χ4v) is 1.84. The molecule has 102 valence electrons. The van der Waals surface area contributed by atoms with Crippen molar-refractivity contribution in [2.75, 3.05) is 6.61 Å². The molecule has 20 heavy (non-hydrogen) atoms. The van der Waals surface area contributed by atoms with Crippen molar-refractivity contribution in [3.05, 3.63) is 72.3 Å². The maximum atomic E-state index is 11.3. The smallest absolute Gasteiger partial charge is 0.335 e. The molecule has 0 atom stereocenters. The lowest BCUT2D eigenvalue weighted by Gasteiger charge is -2.05. The molecule has 0 fully saturated rings. The van der Waals surface area contributed by atoms with Gasteiger partial charge in [-0.1, -0.05) is 54.6 Å². The zero-order chi connectivity index (χ0) is 14.2. The van der Waals surface area contributed by atoms with Gasteiger partial charge in [-0.25, -0.2) is 4.79 Å². The molecule has 0 spiro atoms. The van der Waals surface area contributed by atoms with Gasteiger partial charge < -0.3 is 9.84 Å². The van der Waals surface area contributed by atoms with E-state index >= 15 is 0 Å². The lowest BCUT2D eigenvalue weighted by Crippen LogP contribution is -2.01. The highest BCUT2D eigenvalue weighted by Crippen LogP contribution is 2.15. The first kappa shape index (κ1) is 13.9. The summed E-state index contributed by atoms with van der Waals surface area (Å²) in [4.78, 5) is 11.3. The number of ether oxygens (including phenoxy) is 1. The van der Waals surface area contributed by atoms with Gasteiger partial charge in [0.05, 0.1) is 12.2 Å². The Labute approximate surface area is 118 Å². The predicted molar refractivity (Wildman–Crippen MR) is 78.6 cm³/mol. The summed E-state index contributed by atoms with van der Waals surface area (Å²) in [5.41, 5.74) is 1.02. The zero-order valence-electron chi connectivity index (χ0n) is 11.0. The normalized spacial score (nSPS) is 11.1. The van der Waals surface area contributed by atoms with E-state index in [2.05, 4.69) is 0 Å². The summed E-state index contributed by atoms with van der Waals surface area (Å²) < 4.78 is 5.53. The van der Waals surface area contributed by atoms with Crippen LogP contribution in [0.15, 0.2) is 66.7 Å². The molecule has 0 unspecified atom stereocenters. The van der Waals surface area contributed by atoms with E-state index < -0.39 is 5.97 Å². The van der Waals surface area contributed by atoms with Crippen LogP contribution in [0.3, 0.4) is 0 Å². The monoisotopic (exact) mass is 268 g/mol. The van der Waals surface area contributed by atoms with Crippen LogP contribution in [0.2, 0.25) is 0 Å². The van der Waals surface area contributed by atoms with Crippen LogP contribution < -0.4 is 4.74 Å². The first-order valence-corrected chi connectivity index (χ1v) is 6.44. The standard InChI is InChI=1S/C17H16O3/c18-17(19)16(14-8-3-1-4-9-14)12-7-13-20-15-10-5-2-6-11-15/h1-6,8-12H,7,13H2,(H,18,19). The van der Waals surface area contributed by atoms with E-state index in [0.29, 0.717) is 24.2 Å². The van der Waals surface area contributed by atoms with Crippen LogP contribution in [0.5, 0.6) is 5.75 Å². The van der Waals surface area contributed by atoms with Gasteiger partial charge in [0.1, 0.15) is 5.75 Å². The van der Waals surface area contributed by atoms with Gasteiger partial charge in [-0.2, -0.15) is 0 Å². The maximum absolute atomic E-state index is 11.3. The van der Waals surface area contributed by atoms with E-state index in [1.54, 1.807) is 18.2 Å². The van der Waals surface area contributed by atoms with Crippen molar-refractivity contribution in [2.24, 2.45) is 0 Å². The third kappa shape index (κ3) is 3.99. The summed E-state index contributed by atoms with van der Waals surface area (Å²) in [6.45, 7) is 0.452. The number of benzene rings is 2. The van der Waals surface area contributed by atoms with Crippen molar-refractivity contribution in [1.29, 1.82) is 0 Å². The second-order valence-corrected chi connectivity index (χ2v) is 4.24. The summed E-state index contributed by atoms with van der Waals surface area (Å²) in [5, 5.41) is 9.23. The van der Waals surface area contributed by atoms with Crippen molar-refractivity contribution in [2.45, 2.75) is 6.42 Å². The third-order valence-electron chi connectivity index (χ3n) is 2.79. The lowest BCUT2D eigenvalue weighted by atomic mass is 10.1. The Bertz CT molecular complexity index is 574.